The molecule has 1 heterocycles. The van der Waals surface area contributed by atoms with Crippen LogP contribution in [0.15, 0.2) is 0 Å². The van der Waals surface area contributed by atoms with Crippen LogP contribution in [0.2, 0.25) is 0 Å². The summed E-state index contributed by atoms with van der Waals surface area (Å²) in [5.74, 6) is -1.76. The van der Waals surface area contributed by atoms with Crippen molar-refractivity contribution in [1.82, 2.24) is 5.32 Å². The van der Waals surface area contributed by atoms with Gasteiger partial charge < -0.3 is 20.3 Å². The highest BCUT2D eigenvalue weighted by molar-refractivity contribution is 5.85. The molecule has 0 aromatic heterocycles. The van der Waals surface area contributed by atoms with Crippen LogP contribution < -0.4 is 5.32 Å². The van der Waals surface area contributed by atoms with Gasteiger partial charge in [0.2, 0.25) is 5.91 Å². The second kappa shape index (κ2) is 5.81. The van der Waals surface area contributed by atoms with Crippen molar-refractivity contribution < 1.29 is 24.5 Å². The Morgan fingerprint density at radius 2 is 1.94 bits per heavy atom. The lowest BCUT2D eigenvalue weighted by Gasteiger charge is -2.24. The van der Waals surface area contributed by atoms with E-state index in [9.17, 15) is 14.7 Å². The van der Waals surface area contributed by atoms with Crippen molar-refractivity contribution in [2.45, 2.75) is 31.9 Å². The first kappa shape index (κ1) is 12.9. The highest BCUT2D eigenvalue weighted by Gasteiger charge is 2.29. The number of carbonyl (C=O) groups excluding carboxylic acids is 1. The van der Waals surface area contributed by atoms with Crippen LogP contribution >= 0.6 is 0 Å². The molecule has 6 nitrogen and oxygen atoms in total. The Bertz CT molecular complexity index is 260. The van der Waals surface area contributed by atoms with Gasteiger partial charge in [0.15, 0.2) is 6.04 Å². The van der Waals surface area contributed by atoms with Crippen molar-refractivity contribution in [2.24, 2.45) is 5.92 Å². The molecule has 0 unspecified atom stereocenters. The first-order chi connectivity index (χ1) is 7.52. The van der Waals surface area contributed by atoms with Gasteiger partial charge in [-0.05, 0) is 19.8 Å². The van der Waals surface area contributed by atoms with E-state index >= 15 is 0 Å². The van der Waals surface area contributed by atoms with Crippen molar-refractivity contribution in [3.63, 3.8) is 0 Å². The topological polar surface area (TPSA) is 95.9 Å². The van der Waals surface area contributed by atoms with Gasteiger partial charge in [-0.3, -0.25) is 4.79 Å². The molecule has 1 aliphatic rings. The smallest absolute Gasteiger partial charge is 0.328 e. The zero-order chi connectivity index (χ0) is 12.1. The molecule has 1 saturated heterocycles. The highest BCUT2D eigenvalue weighted by Crippen LogP contribution is 2.15. The van der Waals surface area contributed by atoms with Crippen molar-refractivity contribution in [3.8, 4) is 0 Å². The molecule has 0 saturated carbocycles. The van der Waals surface area contributed by atoms with Gasteiger partial charge in [0.1, 0.15) is 0 Å². The monoisotopic (exact) mass is 231 g/mol. The summed E-state index contributed by atoms with van der Waals surface area (Å²) in [5, 5.41) is 20.3. The number of aliphatic hydroxyl groups is 1. The molecule has 0 spiro atoms. The SMILES string of the molecule is C[C@@H](O)[C@H](NC(=O)C1CCOCC1)C(=O)O. The van der Waals surface area contributed by atoms with Gasteiger partial charge in [-0.1, -0.05) is 0 Å². The van der Waals surface area contributed by atoms with E-state index in [0.29, 0.717) is 26.1 Å². The summed E-state index contributed by atoms with van der Waals surface area (Å²) < 4.78 is 5.10. The lowest BCUT2D eigenvalue weighted by molar-refractivity contribution is -0.146. The fourth-order valence-electron chi connectivity index (χ4n) is 1.62. The Kier molecular flexibility index (Phi) is 4.70. The molecule has 6 heteroatoms. The molecule has 0 aromatic rings. The van der Waals surface area contributed by atoms with Crippen molar-refractivity contribution in [3.05, 3.63) is 0 Å². The van der Waals surface area contributed by atoms with Crippen molar-refractivity contribution in [1.29, 1.82) is 0 Å². The summed E-state index contributed by atoms with van der Waals surface area (Å²) in [6, 6.07) is -1.24. The predicted octanol–water partition coefficient (Wildman–Crippen LogP) is -0.637. The molecule has 0 aromatic carbocycles. The van der Waals surface area contributed by atoms with E-state index in [2.05, 4.69) is 5.32 Å². The van der Waals surface area contributed by atoms with E-state index in [4.69, 9.17) is 9.84 Å². The van der Waals surface area contributed by atoms with Crippen LogP contribution in [0.25, 0.3) is 0 Å². The summed E-state index contributed by atoms with van der Waals surface area (Å²) in [7, 11) is 0. The van der Waals surface area contributed by atoms with Crippen LogP contribution in [0, 0.1) is 5.92 Å². The van der Waals surface area contributed by atoms with Crippen LogP contribution in [0.1, 0.15) is 19.8 Å². The molecule has 92 valence electrons. The molecule has 1 amide bonds. The number of ether oxygens (including phenoxy) is 1. The molecule has 0 bridgehead atoms. The number of amides is 1. The van der Waals surface area contributed by atoms with Crippen molar-refractivity contribution >= 4 is 11.9 Å². The van der Waals surface area contributed by atoms with Gasteiger partial charge in [-0.2, -0.15) is 0 Å². The Labute approximate surface area is 93.6 Å². The minimum atomic E-state index is -1.24. The summed E-state index contributed by atoms with van der Waals surface area (Å²) >= 11 is 0. The maximum Gasteiger partial charge on any atom is 0.328 e. The number of carboxylic acids is 1. The van der Waals surface area contributed by atoms with Gasteiger partial charge in [0.25, 0.3) is 0 Å². The quantitative estimate of drug-likeness (QED) is 0.598. The largest absolute Gasteiger partial charge is 0.480 e. The molecular formula is C10H17NO5. The molecule has 0 aliphatic carbocycles. The Hall–Kier alpha value is -1.14. The number of carbonyl (C=O) groups is 2. The van der Waals surface area contributed by atoms with Gasteiger partial charge in [0.05, 0.1) is 6.10 Å². The molecule has 1 rings (SSSR count). The fraction of sp³-hybridized carbons (Fsp3) is 0.800. The van der Waals surface area contributed by atoms with Gasteiger partial charge in [-0.15, -0.1) is 0 Å². The van der Waals surface area contributed by atoms with Crippen molar-refractivity contribution in [2.75, 3.05) is 13.2 Å². The number of aliphatic carboxylic acids is 1. The standard InChI is InChI=1S/C10H17NO5/c1-6(12)8(10(14)15)11-9(13)7-2-4-16-5-3-7/h6-8,12H,2-5H2,1H3,(H,11,13)(H,14,15)/t6-,8+/m1/s1. The van der Waals surface area contributed by atoms with Gasteiger partial charge in [0, 0.05) is 19.1 Å². The van der Waals surface area contributed by atoms with Crippen LogP contribution in [0.5, 0.6) is 0 Å². The number of hydrogen-bond donors (Lipinski definition) is 3. The van der Waals surface area contributed by atoms with Gasteiger partial charge in [-0.25, -0.2) is 4.79 Å². The Morgan fingerprint density at radius 1 is 1.38 bits per heavy atom. The zero-order valence-electron chi connectivity index (χ0n) is 9.18. The van der Waals surface area contributed by atoms with E-state index in [0.717, 1.165) is 0 Å². The third-order valence-electron chi connectivity index (χ3n) is 2.64. The zero-order valence-corrected chi connectivity index (χ0v) is 9.18. The van der Waals surface area contributed by atoms with E-state index < -0.39 is 18.1 Å². The molecule has 0 radical (unpaired) electrons. The minimum absolute atomic E-state index is 0.214. The van der Waals surface area contributed by atoms with Crippen LogP contribution in [0.4, 0.5) is 0 Å². The van der Waals surface area contributed by atoms with E-state index in [-0.39, 0.29) is 11.8 Å². The normalized spacial score (nSPS) is 21.1. The van der Waals surface area contributed by atoms with Gasteiger partial charge >= 0.3 is 5.97 Å². The number of hydrogen-bond acceptors (Lipinski definition) is 4. The Balaban J connectivity index is 2.50. The predicted molar refractivity (Wildman–Crippen MR) is 54.8 cm³/mol. The van der Waals surface area contributed by atoms with Crippen LogP contribution in [0.3, 0.4) is 0 Å². The number of nitrogens with one attached hydrogen (secondary N) is 1. The summed E-state index contributed by atoms with van der Waals surface area (Å²) in [4.78, 5) is 22.4. The lowest BCUT2D eigenvalue weighted by atomic mass is 9.98. The Morgan fingerprint density at radius 3 is 2.38 bits per heavy atom. The van der Waals surface area contributed by atoms with E-state index in [1.165, 1.54) is 6.92 Å². The van der Waals surface area contributed by atoms with E-state index in [1.54, 1.807) is 0 Å². The van der Waals surface area contributed by atoms with Crippen LogP contribution in [-0.2, 0) is 14.3 Å². The summed E-state index contributed by atoms with van der Waals surface area (Å²) in [6.45, 7) is 2.37. The van der Waals surface area contributed by atoms with E-state index in [1.807, 2.05) is 0 Å². The third-order valence-corrected chi connectivity index (χ3v) is 2.64. The molecular weight excluding hydrogens is 214 g/mol. The first-order valence-corrected chi connectivity index (χ1v) is 5.31. The lowest BCUT2D eigenvalue weighted by Crippen LogP contribution is -2.50. The summed E-state index contributed by atoms with van der Waals surface area (Å²) in [5.41, 5.74) is 0. The molecule has 1 fully saturated rings. The third kappa shape index (κ3) is 3.46. The summed E-state index contributed by atoms with van der Waals surface area (Å²) in [6.07, 6.45) is 0.0805. The first-order valence-electron chi connectivity index (χ1n) is 5.31. The fourth-order valence-corrected chi connectivity index (χ4v) is 1.62. The maximum atomic E-state index is 11.7. The number of aliphatic hydroxyl groups excluding tert-OH is 1. The second-order valence-corrected chi connectivity index (χ2v) is 3.95. The second-order valence-electron chi connectivity index (χ2n) is 3.95. The highest BCUT2D eigenvalue weighted by atomic mass is 16.5. The molecule has 16 heavy (non-hydrogen) atoms. The maximum absolute atomic E-state index is 11.7. The number of rotatable bonds is 4. The molecule has 2 atom stereocenters. The average Bonchev–Trinajstić information content (AvgIpc) is 2.25. The van der Waals surface area contributed by atoms with Crippen LogP contribution in [-0.4, -0.2) is 47.4 Å². The molecule has 3 N–H and O–H groups in total. The minimum Gasteiger partial charge on any atom is -0.480 e. The molecule has 1 aliphatic heterocycles. The average molecular weight is 231 g/mol. The number of carboxylic acid groups (broad SMARTS) is 1.